The minimum atomic E-state index is -4.37. The van der Waals surface area contributed by atoms with E-state index in [4.69, 9.17) is 0 Å². The molecule has 190 valence electrons. The Morgan fingerprint density at radius 3 is 2.25 bits per heavy atom. The van der Waals surface area contributed by atoms with Crippen molar-refractivity contribution in [2.24, 2.45) is 15.9 Å². The van der Waals surface area contributed by atoms with Crippen LogP contribution in [0.2, 0.25) is 0 Å². The molecule has 0 saturated heterocycles. The third kappa shape index (κ3) is 8.61. The van der Waals surface area contributed by atoms with Gasteiger partial charge in [-0.05, 0) is 31.0 Å². The average Bonchev–Trinajstić information content (AvgIpc) is 2.84. The van der Waals surface area contributed by atoms with Gasteiger partial charge in [-0.3, -0.25) is 15.0 Å². The molecule has 3 rings (SSSR count). The standard InChI is InChI=1S/C26H24F3N3O3.Ni/c27-26(28,29)15-8-11-19(25(34)35)17-31-23(18-9-2-1-3-10-18)20-12-4-5-13-21(20)32-24(33)22-14-6-7-16-30-22;/h1-7,9-10,12-14,16,19H,8,11,15,17H2,(H,32,33)(H,34,35);/q;+2/p-2. The van der Waals surface area contributed by atoms with Gasteiger partial charge in [-0.2, -0.15) is 13.2 Å². The summed E-state index contributed by atoms with van der Waals surface area (Å²) in [7, 11) is 0. The average molecular weight is 540 g/mol. The zero-order valence-corrected chi connectivity index (χ0v) is 19.9. The molecule has 0 spiro atoms. The Kier molecular flexibility index (Phi) is 10.8. The third-order valence-electron chi connectivity index (χ3n) is 5.13. The molecule has 3 aromatic rings. The SMILES string of the molecule is O=C([O-])C(CCCC(F)(F)F)CN=C(c1ccccc1)c1ccccc1N=C([O-])c1ccccn1.[Ni+2]. The van der Waals surface area contributed by atoms with Crippen LogP contribution in [0.25, 0.3) is 0 Å². The summed E-state index contributed by atoms with van der Waals surface area (Å²) in [4.78, 5) is 24.2. The molecule has 1 atom stereocenters. The predicted octanol–water partition coefficient (Wildman–Crippen LogP) is 3.45. The first-order valence-electron chi connectivity index (χ1n) is 10.9. The van der Waals surface area contributed by atoms with Crippen molar-refractivity contribution in [3.63, 3.8) is 0 Å². The number of hydrogen-bond donors (Lipinski definition) is 0. The van der Waals surface area contributed by atoms with Crippen LogP contribution >= 0.6 is 0 Å². The van der Waals surface area contributed by atoms with E-state index in [1.54, 1.807) is 66.7 Å². The minimum absolute atomic E-state index is 0. The quantitative estimate of drug-likeness (QED) is 0.224. The smallest absolute Gasteiger partial charge is 0.857 e. The monoisotopic (exact) mass is 539 g/mol. The summed E-state index contributed by atoms with van der Waals surface area (Å²) in [6.07, 6.45) is -4.54. The van der Waals surface area contributed by atoms with Gasteiger partial charge in [0.2, 0.25) is 0 Å². The molecular weight excluding hydrogens is 518 g/mol. The summed E-state index contributed by atoms with van der Waals surface area (Å²) in [6, 6.07) is 20.4. The molecule has 1 unspecified atom stereocenters. The van der Waals surface area contributed by atoms with Gasteiger partial charge in [0.05, 0.1) is 17.1 Å². The van der Waals surface area contributed by atoms with Crippen LogP contribution in [-0.2, 0) is 21.3 Å². The van der Waals surface area contributed by atoms with Crippen molar-refractivity contribution in [2.75, 3.05) is 6.54 Å². The first kappa shape index (κ1) is 28.7. The Morgan fingerprint density at radius 1 is 0.944 bits per heavy atom. The van der Waals surface area contributed by atoms with Crippen molar-refractivity contribution >= 4 is 23.3 Å². The second-order valence-corrected chi connectivity index (χ2v) is 7.73. The van der Waals surface area contributed by atoms with Gasteiger partial charge < -0.3 is 15.0 Å². The number of benzene rings is 2. The number of aromatic nitrogens is 1. The van der Waals surface area contributed by atoms with Gasteiger partial charge in [-0.25, -0.2) is 0 Å². The molecule has 0 fully saturated rings. The van der Waals surface area contributed by atoms with Gasteiger partial charge in [0.25, 0.3) is 0 Å². The largest absolute Gasteiger partial charge is 2.00 e. The number of carboxylic acids is 1. The van der Waals surface area contributed by atoms with Crippen LogP contribution in [0.1, 0.15) is 36.1 Å². The van der Waals surface area contributed by atoms with Crippen molar-refractivity contribution in [3.8, 4) is 0 Å². The molecule has 10 heteroatoms. The van der Waals surface area contributed by atoms with Gasteiger partial charge in [0.15, 0.2) is 0 Å². The molecule has 0 aliphatic rings. The van der Waals surface area contributed by atoms with Gasteiger partial charge in [-0.15, -0.1) is 0 Å². The molecule has 1 aromatic heterocycles. The van der Waals surface area contributed by atoms with E-state index >= 15 is 0 Å². The number of rotatable bonds is 10. The second kappa shape index (κ2) is 13.5. The summed E-state index contributed by atoms with van der Waals surface area (Å²) in [5, 5.41) is 24.2. The van der Waals surface area contributed by atoms with E-state index in [1.165, 1.54) is 12.3 Å². The number of halogens is 3. The van der Waals surface area contributed by atoms with Crippen LogP contribution in [0.5, 0.6) is 0 Å². The van der Waals surface area contributed by atoms with E-state index in [0.717, 1.165) is 0 Å². The number of pyridine rings is 1. The maximum absolute atomic E-state index is 12.6. The molecule has 0 radical (unpaired) electrons. The number of alkyl halides is 3. The third-order valence-corrected chi connectivity index (χ3v) is 5.13. The molecule has 6 nitrogen and oxygen atoms in total. The minimum Gasteiger partial charge on any atom is -0.857 e. The molecule has 36 heavy (non-hydrogen) atoms. The summed E-state index contributed by atoms with van der Waals surface area (Å²) in [6.45, 7) is -0.285. The van der Waals surface area contributed by atoms with E-state index in [-0.39, 0.29) is 41.6 Å². The normalized spacial score (nSPS) is 13.1. The summed E-state index contributed by atoms with van der Waals surface area (Å²) < 4.78 is 37.5. The Bertz CT molecular complexity index is 1190. The van der Waals surface area contributed by atoms with Crippen LogP contribution in [0, 0.1) is 5.92 Å². The maximum atomic E-state index is 12.6. The number of hydrogen-bond acceptors (Lipinski definition) is 6. The van der Waals surface area contributed by atoms with E-state index in [1.807, 2.05) is 0 Å². The maximum Gasteiger partial charge on any atom is 2.00 e. The molecule has 0 N–H and O–H groups in total. The van der Waals surface area contributed by atoms with Crippen molar-refractivity contribution in [1.82, 2.24) is 4.98 Å². The predicted molar refractivity (Wildman–Crippen MR) is 122 cm³/mol. The van der Waals surface area contributed by atoms with E-state index < -0.39 is 30.4 Å². The van der Waals surface area contributed by atoms with Crippen molar-refractivity contribution < 1.29 is 44.7 Å². The molecule has 0 saturated carbocycles. The summed E-state index contributed by atoms with van der Waals surface area (Å²) in [5.41, 5.74) is 1.92. The van der Waals surface area contributed by atoms with Crippen LogP contribution in [-0.4, -0.2) is 35.3 Å². The Labute approximate surface area is 216 Å². The second-order valence-electron chi connectivity index (χ2n) is 7.73. The molecule has 2 aromatic carbocycles. The van der Waals surface area contributed by atoms with Crippen LogP contribution in [0.4, 0.5) is 18.9 Å². The number of para-hydroxylation sites is 1. The van der Waals surface area contributed by atoms with Crippen molar-refractivity contribution in [2.45, 2.75) is 25.4 Å². The molecular formula is C26H22F3N3NiO3. The van der Waals surface area contributed by atoms with E-state index in [2.05, 4.69) is 15.0 Å². The zero-order valence-electron chi connectivity index (χ0n) is 18.9. The molecule has 0 aliphatic heterocycles. The summed E-state index contributed by atoms with van der Waals surface area (Å²) >= 11 is 0. The number of aliphatic carboxylic acids is 1. The topological polar surface area (TPSA) is 101 Å². The number of carbonyl (C=O) groups excluding carboxylic acids is 1. The Morgan fingerprint density at radius 2 is 1.61 bits per heavy atom. The fourth-order valence-electron chi connectivity index (χ4n) is 3.39. The molecule has 0 amide bonds. The first-order chi connectivity index (χ1) is 16.7. The number of carbonyl (C=O) groups is 1. The van der Waals surface area contributed by atoms with Crippen molar-refractivity contribution in [1.29, 1.82) is 0 Å². The Balaban J connectivity index is 0.00000456. The Hall–Kier alpha value is -3.52. The fourth-order valence-corrected chi connectivity index (χ4v) is 3.39. The van der Waals surface area contributed by atoms with Gasteiger partial charge in [0.1, 0.15) is 0 Å². The van der Waals surface area contributed by atoms with Crippen LogP contribution in [0.3, 0.4) is 0 Å². The van der Waals surface area contributed by atoms with Crippen molar-refractivity contribution in [3.05, 3.63) is 95.8 Å². The fraction of sp³-hybridized carbons (Fsp3) is 0.231. The number of nitrogens with zero attached hydrogens (tertiary/aromatic N) is 3. The molecule has 0 aliphatic carbocycles. The van der Waals surface area contributed by atoms with Crippen LogP contribution in [0.15, 0.2) is 89.0 Å². The number of aliphatic imine (C=N–C) groups is 2. The van der Waals surface area contributed by atoms with Crippen LogP contribution < -0.4 is 10.2 Å². The van der Waals surface area contributed by atoms with Gasteiger partial charge >= 0.3 is 22.7 Å². The van der Waals surface area contributed by atoms with E-state index in [9.17, 15) is 28.2 Å². The zero-order chi connectivity index (χ0) is 25.3. The molecule has 1 heterocycles. The van der Waals surface area contributed by atoms with Gasteiger partial charge in [-0.1, -0.05) is 54.6 Å². The van der Waals surface area contributed by atoms with Gasteiger partial charge in [0, 0.05) is 48.1 Å². The number of carboxylic acid groups (broad SMARTS) is 1. The molecule has 0 bridgehead atoms. The van der Waals surface area contributed by atoms with E-state index in [0.29, 0.717) is 22.5 Å². The summed E-state index contributed by atoms with van der Waals surface area (Å²) in [5.74, 6) is -3.23. The first-order valence-corrected chi connectivity index (χ1v) is 10.9.